The van der Waals surface area contributed by atoms with Crippen molar-refractivity contribution < 1.29 is 10.2 Å². The van der Waals surface area contributed by atoms with E-state index in [4.69, 9.17) is 24.1 Å². The predicted octanol–water partition coefficient (Wildman–Crippen LogP) is 10.1. The lowest BCUT2D eigenvalue weighted by molar-refractivity contribution is 0.414. The molecule has 2 aromatic rings. The Kier molecular flexibility index (Phi) is 14.5. The van der Waals surface area contributed by atoms with Crippen molar-refractivity contribution in [3.8, 4) is 11.5 Å². The third kappa shape index (κ3) is 10.4. The summed E-state index contributed by atoms with van der Waals surface area (Å²) in [5.74, 6) is 0.943. The van der Waals surface area contributed by atoms with Gasteiger partial charge in [0.1, 0.15) is 11.5 Å². The molecule has 0 fully saturated rings. The fourth-order valence-corrected chi connectivity index (χ4v) is 7.25. The van der Waals surface area contributed by atoms with Crippen molar-refractivity contribution in [2.75, 3.05) is 0 Å². The van der Waals surface area contributed by atoms with Gasteiger partial charge in [0.25, 0.3) is 0 Å². The standard InChI is InChI=1S/C38H64N2O2S/c1-9-10-11-12-13-14-15-16-17-18-19-27(2)24-38(43,30-22-32(36(3,4)5)34(41)20-28(30)25-39)31-23-33(37(6,7)8)35(42)21-29(31)26-40/h20-23,27,41-43H,9-19,24-26,39-40H2,1-8H3. The van der Waals surface area contributed by atoms with Crippen molar-refractivity contribution in [1.82, 2.24) is 0 Å². The number of unbranched alkanes of at least 4 members (excludes halogenated alkanes) is 9. The molecule has 0 radical (unpaired) electrons. The molecule has 1 atom stereocenters. The largest absolute Gasteiger partial charge is 0.508 e. The van der Waals surface area contributed by atoms with Gasteiger partial charge in [0, 0.05) is 13.1 Å². The molecule has 0 aliphatic carbocycles. The molecule has 2 rings (SSSR count). The summed E-state index contributed by atoms with van der Waals surface area (Å²) in [5, 5.41) is 22.0. The molecule has 0 aromatic heterocycles. The number of phenols is 2. The highest BCUT2D eigenvalue weighted by molar-refractivity contribution is 7.81. The van der Waals surface area contributed by atoms with Gasteiger partial charge in [-0.2, -0.15) is 12.6 Å². The van der Waals surface area contributed by atoms with Crippen LogP contribution in [0.15, 0.2) is 24.3 Å². The maximum Gasteiger partial charge on any atom is 0.119 e. The van der Waals surface area contributed by atoms with Crippen molar-refractivity contribution in [3.05, 3.63) is 57.6 Å². The summed E-state index contributed by atoms with van der Waals surface area (Å²) < 4.78 is -0.706. The van der Waals surface area contributed by atoms with Gasteiger partial charge < -0.3 is 21.7 Å². The van der Waals surface area contributed by atoms with Gasteiger partial charge >= 0.3 is 0 Å². The van der Waals surface area contributed by atoms with Crippen LogP contribution in [0.25, 0.3) is 0 Å². The van der Waals surface area contributed by atoms with E-state index in [1.54, 1.807) is 0 Å². The molecule has 0 heterocycles. The highest BCUT2D eigenvalue weighted by Gasteiger charge is 2.38. The van der Waals surface area contributed by atoms with Crippen molar-refractivity contribution >= 4 is 12.6 Å². The maximum atomic E-state index is 11.0. The monoisotopic (exact) mass is 612 g/mol. The lowest BCUT2D eigenvalue weighted by Crippen LogP contribution is -2.30. The van der Waals surface area contributed by atoms with E-state index in [-0.39, 0.29) is 22.3 Å². The molecule has 0 bridgehead atoms. The van der Waals surface area contributed by atoms with Gasteiger partial charge in [-0.3, -0.25) is 0 Å². The summed E-state index contributed by atoms with van der Waals surface area (Å²) in [4.78, 5) is 0. The van der Waals surface area contributed by atoms with Crippen molar-refractivity contribution in [1.29, 1.82) is 0 Å². The minimum atomic E-state index is -0.706. The Morgan fingerprint density at radius 3 is 1.35 bits per heavy atom. The minimum Gasteiger partial charge on any atom is -0.508 e. The van der Waals surface area contributed by atoms with Crippen LogP contribution in [-0.2, 0) is 28.7 Å². The highest BCUT2D eigenvalue weighted by Crippen LogP contribution is 2.49. The van der Waals surface area contributed by atoms with E-state index in [1.165, 1.54) is 64.2 Å². The van der Waals surface area contributed by atoms with Crippen LogP contribution in [0, 0.1) is 5.92 Å². The van der Waals surface area contributed by atoms with Gasteiger partial charge in [-0.05, 0) is 80.8 Å². The van der Waals surface area contributed by atoms with E-state index in [9.17, 15) is 10.2 Å². The summed E-state index contributed by atoms with van der Waals surface area (Å²) in [6, 6.07) is 7.92. The van der Waals surface area contributed by atoms with Crippen LogP contribution >= 0.6 is 12.6 Å². The molecule has 244 valence electrons. The molecule has 0 saturated heterocycles. The summed E-state index contributed by atoms with van der Waals surface area (Å²) in [6.45, 7) is 17.9. The molecule has 0 aliphatic heterocycles. The first kappa shape index (κ1) is 37.5. The highest BCUT2D eigenvalue weighted by atomic mass is 32.1. The quantitative estimate of drug-likeness (QED) is 0.0908. The molecule has 2 aromatic carbocycles. The van der Waals surface area contributed by atoms with Crippen LogP contribution in [-0.4, -0.2) is 10.2 Å². The van der Waals surface area contributed by atoms with Gasteiger partial charge in [-0.1, -0.05) is 126 Å². The van der Waals surface area contributed by atoms with E-state index in [1.807, 2.05) is 12.1 Å². The van der Waals surface area contributed by atoms with Crippen LogP contribution in [0.1, 0.15) is 166 Å². The fraction of sp³-hybridized carbons (Fsp3) is 0.684. The number of thiol groups is 1. The number of aromatic hydroxyl groups is 2. The normalized spacial score (nSPS) is 13.5. The molecule has 0 saturated carbocycles. The lowest BCUT2D eigenvalue weighted by Gasteiger charge is -2.38. The molecule has 5 heteroatoms. The molecule has 43 heavy (non-hydrogen) atoms. The molecule has 0 spiro atoms. The Balaban J connectivity index is 2.45. The summed E-state index contributed by atoms with van der Waals surface area (Å²) >= 11 is 5.59. The molecule has 1 unspecified atom stereocenters. The van der Waals surface area contributed by atoms with Crippen LogP contribution in [0.3, 0.4) is 0 Å². The first-order valence-corrected chi connectivity index (χ1v) is 17.4. The number of hydrogen-bond acceptors (Lipinski definition) is 5. The SMILES string of the molecule is CCCCCCCCCCCCC(C)CC(S)(c1cc(C(C)(C)C)c(O)cc1CN)c1cc(C(C)(C)C)c(O)cc1CN. The van der Waals surface area contributed by atoms with E-state index in [0.717, 1.165) is 46.2 Å². The molecule has 0 amide bonds. The van der Waals surface area contributed by atoms with Gasteiger partial charge in [-0.15, -0.1) is 0 Å². The van der Waals surface area contributed by atoms with Gasteiger partial charge in [0.15, 0.2) is 0 Å². The van der Waals surface area contributed by atoms with Crippen LogP contribution < -0.4 is 11.5 Å². The Hall–Kier alpha value is -1.69. The lowest BCUT2D eigenvalue weighted by atomic mass is 9.74. The Morgan fingerprint density at radius 1 is 0.628 bits per heavy atom. The van der Waals surface area contributed by atoms with Crippen LogP contribution in [0.5, 0.6) is 11.5 Å². The van der Waals surface area contributed by atoms with Gasteiger partial charge in [0.05, 0.1) is 4.75 Å². The number of hydrogen-bond donors (Lipinski definition) is 5. The number of phenolic OH excluding ortho intramolecular Hbond substituents is 2. The zero-order chi connectivity index (χ0) is 32.4. The summed E-state index contributed by atoms with van der Waals surface area (Å²) in [6.07, 6.45) is 15.2. The van der Waals surface area contributed by atoms with Crippen LogP contribution in [0.2, 0.25) is 0 Å². The number of benzene rings is 2. The zero-order valence-electron chi connectivity index (χ0n) is 28.8. The van der Waals surface area contributed by atoms with Gasteiger partial charge in [-0.25, -0.2) is 0 Å². The van der Waals surface area contributed by atoms with E-state index in [2.05, 4.69) is 67.5 Å². The van der Waals surface area contributed by atoms with E-state index in [0.29, 0.717) is 19.0 Å². The molecular weight excluding hydrogens is 548 g/mol. The minimum absolute atomic E-state index is 0.259. The Morgan fingerprint density at radius 2 is 1.00 bits per heavy atom. The number of nitrogens with two attached hydrogens (primary N) is 2. The molecule has 0 aliphatic rings. The second-order valence-corrected chi connectivity index (χ2v) is 15.9. The second kappa shape index (κ2) is 16.6. The van der Waals surface area contributed by atoms with Gasteiger partial charge in [0.2, 0.25) is 0 Å². The van der Waals surface area contributed by atoms with Crippen LogP contribution in [0.4, 0.5) is 0 Å². The molecule has 4 nitrogen and oxygen atoms in total. The van der Waals surface area contributed by atoms with Crippen molar-refractivity contribution in [2.24, 2.45) is 17.4 Å². The number of rotatable bonds is 17. The molecule has 6 N–H and O–H groups in total. The van der Waals surface area contributed by atoms with Crippen molar-refractivity contribution in [2.45, 2.75) is 161 Å². The third-order valence-electron chi connectivity index (χ3n) is 9.08. The van der Waals surface area contributed by atoms with E-state index >= 15 is 0 Å². The van der Waals surface area contributed by atoms with E-state index < -0.39 is 4.75 Å². The fourth-order valence-electron chi connectivity index (χ4n) is 6.52. The average Bonchev–Trinajstić information content (AvgIpc) is 2.91. The first-order valence-electron chi connectivity index (χ1n) is 17.0. The maximum absolute atomic E-state index is 11.0. The summed E-state index contributed by atoms with van der Waals surface area (Å²) in [5.41, 5.74) is 17.7. The molecular formula is C38H64N2O2S. The summed E-state index contributed by atoms with van der Waals surface area (Å²) in [7, 11) is 0. The zero-order valence-corrected chi connectivity index (χ0v) is 29.7. The predicted molar refractivity (Wildman–Crippen MR) is 189 cm³/mol. The Bertz CT molecular complexity index is 1070. The Labute approximate surface area is 269 Å². The smallest absolute Gasteiger partial charge is 0.119 e. The average molecular weight is 613 g/mol. The topological polar surface area (TPSA) is 92.5 Å². The second-order valence-electron chi connectivity index (χ2n) is 15.1. The third-order valence-corrected chi connectivity index (χ3v) is 9.75. The van der Waals surface area contributed by atoms with Crippen molar-refractivity contribution in [3.63, 3.8) is 0 Å². The first-order chi connectivity index (χ1) is 20.1.